The molecule has 0 amide bonds. The normalized spacial score (nSPS) is 28.3. The van der Waals surface area contributed by atoms with Gasteiger partial charge in [-0.2, -0.15) is 0 Å². The molecular weight excluding hydrogens is 186 g/mol. The molecule has 0 aromatic heterocycles. The van der Waals surface area contributed by atoms with E-state index >= 15 is 0 Å². The number of benzene rings is 1. The fourth-order valence-corrected chi connectivity index (χ4v) is 3.13. The van der Waals surface area contributed by atoms with Crippen LogP contribution in [0.4, 0.5) is 0 Å². The minimum atomic E-state index is 0.685. The third-order valence-corrected chi connectivity index (χ3v) is 3.82. The van der Waals surface area contributed by atoms with Crippen molar-refractivity contribution in [3.05, 3.63) is 29.3 Å². The summed E-state index contributed by atoms with van der Waals surface area (Å²) in [4.78, 5) is 0. The highest BCUT2D eigenvalue weighted by molar-refractivity contribution is 5.46. The lowest BCUT2D eigenvalue weighted by molar-refractivity contribution is 0.391. The van der Waals surface area contributed by atoms with Gasteiger partial charge in [0.25, 0.3) is 0 Å². The van der Waals surface area contributed by atoms with Crippen LogP contribution in [0, 0.1) is 0 Å². The Balaban J connectivity index is 2.10. The van der Waals surface area contributed by atoms with Gasteiger partial charge < -0.3 is 10.1 Å². The van der Waals surface area contributed by atoms with Crippen LogP contribution in [0.25, 0.3) is 0 Å². The molecule has 15 heavy (non-hydrogen) atoms. The molecule has 1 fully saturated rings. The fraction of sp³-hybridized carbons (Fsp3) is 0.538. The molecule has 3 rings (SSSR count). The van der Waals surface area contributed by atoms with Gasteiger partial charge in [-0.15, -0.1) is 0 Å². The van der Waals surface area contributed by atoms with Crippen LogP contribution in [0.2, 0.25) is 0 Å². The SMILES string of the molecule is COc1cccc2c1[C@H]1CCN[C@H]1CC2. The molecule has 1 N–H and O–H groups in total. The topological polar surface area (TPSA) is 21.3 Å². The Labute approximate surface area is 90.6 Å². The van der Waals surface area contributed by atoms with Crippen LogP contribution in [0.1, 0.15) is 29.9 Å². The van der Waals surface area contributed by atoms with Crippen molar-refractivity contribution in [1.82, 2.24) is 5.32 Å². The van der Waals surface area contributed by atoms with E-state index in [0.717, 1.165) is 12.3 Å². The molecule has 0 saturated carbocycles. The maximum atomic E-state index is 5.49. The molecule has 1 heterocycles. The van der Waals surface area contributed by atoms with Crippen molar-refractivity contribution in [2.75, 3.05) is 13.7 Å². The number of hydrogen-bond donors (Lipinski definition) is 1. The summed E-state index contributed by atoms with van der Waals surface area (Å²) in [6.07, 6.45) is 3.74. The summed E-state index contributed by atoms with van der Waals surface area (Å²) < 4.78 is 5.49. The summed E-state index contributed by atoms with van der Waals surface area (Å²) in [5, 5.41) is 3.60. The van der Waals surface area contributed by atoms with E-state index in [1.165, 1.54) is 30.4 Å². The van der Waals surface area contributed by atoms with Gasteiger partial charge in [-0.1, -0.05) is 12.1 Å². The molecule has 2 heteroatoms. The second-order valence-electron chi connectivity index (χ2n) is 4.53. The molecule has 0 bridgehead atoms. The molecule has 0 spiro atoms. The highest BCUT2D eigenvalue weighted by Crippen LogP contribution is 2.41. The summed E-state index contributed by atoms with van der Waals surface area (Å²) in [7, 11) is 1.78. The number of ether oxygens (including phenoxy) is 1. The number of fused-ring (bicyclic) bond motifs is 3. The monoisotopic (exact) mass is 203 g/mol. The van der Waals surface area contributed by atoms with Crippen LogP contribution in [0.15, 0.2) is 18.2 Å². The Hall–Kier alpha value is -1.02. The highest BCUT2D eigenvalue weighted by atomic mass is 16.5. The van der Waals surface area contributed by atoms with Gasteiger partial charge >= 0.3 is 0 Å². The fourth-order valence-electron chi connectivity index (χ4n) is 3.13. The Morgan fingerprint density at radius 1 is 1.33 bits per heavy atom. The standard InChI is InChI=1S/C13H17NO/c1-15-12-4-2-3-9-5-6-11-10(13(9)12)7-8-14-11/h2-4,10-11,14H,5-8H2,1H3/t10-,11-/m0/s1. The van der Waals surface area contributed by atoms with E-state index in [9.17, 15) is 0 Å². The third-order valence-electron chi connectivity index (χ3n) is 3.82. The Bertz CT molecular complexity index is 361. The Kier molecular flexibility index (Phi) is 2.17. The van der Waals surface area contributed by atoms with Crippen molar-refractivity contribution in [2.24, 2.45) is 0 Å². The lowest BCUT2D eigenvalue weighted by Crippen LogP contribution is -2.30. The van der Waals surface area contributed by atoms with Crippen molar-refractivity contribution in [1.29, 1.82) is 0 Å². The van der Waals surface area contributed by atoms with Crippen molar-refractivity contribution in [2.45, 2.75) is 31.2 Å². The van der Waals surface area contributed by atoms with Gasteiger partial charge in [-0.05, 0) is 37.4 Å². The molecule has 1 saturated heterocycles. The minimum Gasteiger partial charge on any atom is -0.496 e. The van der Waals surface area contributed by atoms with Crippen LogP contribution in [0.5, 0.6) is 5.75 Å². The smallest absolute Gasteiger partial charge is 0.122 e. The molecule has 1 aliphatic carbocycles. The number of hydrogen-bond acceptors (Lipinski definition) is 2. The number of rotatable bonds is 1. The van der Waals surface area contributed by atoms with Crippen molar-refractivity contribution < 1.29 is 4.74 Å². The molecular formula is C13H17NO. The molecule has 0 unspecified atom stereocenters. The molecule has 2 nitrogen and oxygen atoms in total. The lowest BCUT2D eigenvalue weighted by atomic mass is 9.79. The molecule has 1 aliphatic heterocycles. The van der Waals surface area contributed by atoms with E-state index in [2.05, 4.69) is 23.5 Å². The van der Waals surface area contributed by atoms with Gasteiger partial charge in [0, 0.05) is 17.5 Å². The van der Waals surface area contributed by atoms with Crippen LogP contribution in [-0.2, 0) is 6.42 Å². The maximum Gasteiger partial charge on any atom is 0.122 e. The first-order chi connectivity index (χ1) is 7.40. The van der Waals surface area contributed by atoms with Gasteiger partial charge in [-0.25, -0.2) is 0 Å². The number of methoxy groups -OCH3 is 1. The second-order valence-corrected chi connectivity index (χ2v) is 4.53. The average Bonchev–Trinajstić information content (AvgIpc) is 2.76. The van der Waals surface area contributed by atoms with Crippen molar-refractivity contribution in [3.8, 4) is 5.75 Å². The molecule has 1 aromatic carbocycles. The summed E-state index contributed by atoms with van der Waals surface area (Å²) in [6, 6.07) is 7.15. The van der Waals surface area contributed by atoms with Crippen LogP contribution in [0.3, 0.4) is 0 Å². The number of aryl methyl sites for hydroxylation is 1. The number of nitrogens with one attached hydrogen (secondary N) is 1. The van der Waals surface area contributed by atoms with Crippen molar-refractivity contribution in [3.63, 3.8) is 0 Å². The first-order valence-corrected chi connectivity index (χ1v) is 5.79. The minimum absolute atomic E-state index is 0.685. The molecule has 2 atom stereocenters. The summed E-state index contributed by atoms with van der Waals surface area (Å²) in [5.74, 6) is 1.77. The predicted molar refractivity (Wildman–Crippen MR) is 60.5 cm³/mol. The van der Waals surface area contributed by atoms with Gasteiger partial charge in [0.2, 0.25) is 0 Å². The molecule has 80 valence electrons. The quantitative estimate of drug-likeness (QED) is 0.754. The predicted octanol–water partition coefficient (Wildman–Crippen LogP) is 2.09. The first kappa shape index (κ1) is 9.22. The second kappa shape index (κ2) is 3.53. The van der Waals surface area contributed by atoms with E-state index in [1.54, 1.807) is 7.11 Å². The van der Waals surface area contributed by atoms with Crippen LogP contribution < -0.4 is 10.1 Å². The molecule has 1 aromatic rings. The van der Waals surface area contributed by atoms with Gasteiger partial charge in [0.15, 0.2) is 0 Å². The zero-order valence-corrected chi connectivity index (χ0v) is 9.12. The van der Waals surface area contributed by atoms with Gasteiger partial charge in [0.1, 0.15) is 5.75 Å². The van der Waals surface area contributed by atoms with E-state index in [4.69, 9.17) is 4.74 Å². The molecule has 0 radical (unpaired) electrons. The average molecular weight is 203 g/mol. The summed E-state index contributed by atoms with van der Waals surface area (Å²) >= 11 is 0. The van der Waals surface area contributed by atoms with Crippen LogP contribution >= 0.6 is 0 Å². The third kappa shape index (κ3) is 1.36. The molecule has 2 aliphatic rings. The zero-order valence-electron chi connectivity index (χ0n) is 9.12. The summed E-state index contributed by atoms with van der Waals surface area (Å²) in [6.45, 7) is 1.16. The van der Waals surface area contributed by atoms with E-state index in [-0.39, 0.29) is 0 Å². The highest BCUT2D eigenvalue weighted by Gasteiger charge is 2.34. The Morgan fingerprint density at radius 2 is 2.27 bits per heavy atom. The maximum absolute atomic E-state index is 5.49. The summed E-state index contributed by atoms with van der Waals surface area (Å²) in [5.41, 5.74) is 2.97. The lowest BCUT2D eigenvalue weighted by Gasteiger charge is -2.29. The van der Waals surface area contributed by atoms with Crippen molar-refractivity contribution >= 4 is 0 Å². The van der Waals surface area contributed by atoms with E-state index in [0.29, 0.717) is 12.0 Å². The Morgan fingerprint density at radius 3 is 3.13 bits per heavy atom. The largest absolute Gasteiger partial charge is 0.496 e. The zero-order chi connectivity index (χ0) is 10.3. The first-order valence-electron chi connectivity index (χ1n) is 5.79. The van der Waals surface area contributed by atoms with Gasteiger partial charge in [0.05, 0.1) is 7.11 Å². The van der Waals surface area contributed by atoms with Gasteiger partial charge in [-0.3, -0.25) is 0 Å². The van der Waals surface area contributed by atoms with E-state index in [1.807, 2.05) is 0 Å². The van der Waals surface area contributed by atoms with Crippen LogP contribution in [-0.4, -0.2) is 19.7 Å². The van der Waals surface area contributed by atoms with E-state index < -0.39 is 0 Å².